The van der Waals surface area contributed by atoms with Crippen LogP contribution in [0.4, 0.5) is 13.2 Å². The van der Waals surface area contributed by atoms with E-state index in [1.807, 2.05) is 13.0 Å². The van der Waals surface area contributed by atoms with Crippen molar-refractivity contribution >= 4 is 5.84 Å². The molecule has 1 atom stereocenters. The van der Waals surface area contributed by atoms with E-state index in [0.29, 0.717) is 18.7 Å². The van der Waals surface area contributed by atoms with Gasteiger partial charge in [-0.15, -0.1) is 0 Å². The predicted molar refractivity (Wildman–Crippen MR) is 95.2 cm³/mol. The van der Waals surface area contributed by atoms with Gasteiger partial charge in [-0.2, -0.15) is 13.2 Å². The van der Waals surface area contributed by atoms with Gasteiger partial charge in [0, 0.05) is 13.1 Å². The fourth-order valence-corrected chi connectivity index (χ4v) is 3.13. The molecule has 138 valence electrons. The molecule has 0 bridgehead atoms. The third kappa shape index (κ3) is 4.25. The summed E-state index contributed by atoms with van der Waals surface area (Å²) < 4.78 is 46.4. The van der Waals surface area contributed by atoms with Crippen LogP contribution in [0.1, 0.15) is 29.7 Å². The van der Waals surface area contributed by atoms with Crippen molar-refractivity contribution in [2.75, 3.05) is 26.2 Å². The summed E-state index contributed by atoms with van der Waals surface area (Å²) in [5, 5.41) is 0. The maximum atomic E-state index is 13.5. The van der Waals surface area contributed by atoms with Crippen LogP contribution < -0.4 is 0 Å². The van der Waals surface area contributed by atoms with Crippen LogP contribution in [0.25, 0.3) is 0 Å². The molecule has 0 radical (unpaired) electrons. The second-order valence-electron chi connectivity index (χ2n) is 6.16. The Morgan fingerprint density at radius 1 is 1.08 bits per heavy atom. The number of ether oxygens (including phenoxy) is 1. The molecule has 1 unspecified atom stereocenters. The first kappa shape index (κ1) is 18.5. The third-order valence-corrected chi connectivity index (χ3v) is 4.46. The lowest BCUT2D eigenvalue weighted by Crippen LogP contribution is -2.30. The number of alkyl halides is 3. The summed E-state index contributed by atoms with van der Waals surface area (Å²) in [5.74, 6) is 0.945. The quantitative estimate of drug-likeness (QED) is 0.753. The van der Waals surface area contributed by atoms with Gasteiger partial charge in [-0.3, -0.25) is 4.99 Å². The average Bonchev–Trinajstić information content (AvgIpc) is 3.04. The molecule has 0 spiro atoms. The molecule has 0 N–H and O–H groups in total. The van der Waals surface area contributed by atoms with E-state index in [0.717, 1.165) is 25.0 Å². The van der Waals surface area contributed by atoms with Crippen LogP contribution in [-0.4, -0.2) is 37.0 Å². The number of hydrogen-bond acceptors (Lipinski definition) is 3. The summed E-state index contributed by atoms with van der Waals surface area (Å²) in [6.45, 7) is 4.43. The Labute approximate surface area is 151 Å². The zero-order chi connectivity index (χ0) is 18.6. The highest BCUT2D eigenvalue weighted by Crippen LogP contribution is 2.37. The van der Waals surface area contributed by atoms with Gasteiger partial charge >= 0.3 is 6.18 Å². The van der Waals surface area contributed by atoms with Crippen molar-refractivity contribution in [1.29, 1.82) is 0 Å². The van der Waals surface area contributed by atoms with Gasteiger partial charge < -0.3 is 9.64 Å². The summed E-state index contributed by atoms with van der Waals surface area (Å²) in [5.41, 5.74) is 0.182. The van der Waals surface area contributed by atoms with E-state index in [1.165, 1.54) is 12.1 Å². The lowest BCUT2D eigenvalue weighted by atomic mass is 9.96. The molecule has 3 rings (SSSR count). The standard InChI is InChI=1S/C20H21F3N2O/c1-15-24-11-12-25(15)13-14-26-19(16-7-3-2-4-8-16)17-9-5-6-10-18(17)20(21,22)23/h2-10,19H,11-14H2,1H3. The summed E-state index contributed by atoms with van der Waals surface area (Å²) in [6, 6.07) is 14.6. The molecule has 1 aliphatic heterocycles. The van der Waals surface area contributed by atoms with Crippen molar-refractivity contribution in [2.24, 2.45) is 4.99 Å². The highest BCUT2D eigenvalue weighted by atomic mass is 19.4. The summed E-state index contributed by atoms with van der Waals surface area (Å²) in [7, 11) is 0. The predicted octanol–water partition coefficient (Wildman–Crippen LogP) is 4.55. The van der Waals surface area contributed by atoms with Gasteiger partial charge in [-0.05, 0) is 24.1 Å². The van der Waals surface area contributed by atoms with Gasteiger partial charge in [0.15, 0.2) is 0 Å². The normalized spacial score (nSPS) is 15.8. The molecule has 3 nitrogen and oxygen atoms in total. The number of aliphatic imine (C=N–C) groups is 1. The largest absolute Gasteiger partial charge is 0.416 e. The fraction of sp³-hybridized carbons (Fsp3) is 0.350. The second-order valence-corrected chi connectivity index (χ2v) is 6.16. The lowest BCUT2D eigenvalue weighted by molar-refractivity contribution is -0.139. The van der Waals surface area contributed by atoms with Gasteiger partial charge in [0.2, 0.25) is 0 Å². The minimum Gasteiger partial charge on any atom is -0.367 e. The number of halogens is 3. The van der Waals surface area contributed by atoms with Crippen LogP contribution in [0.5, 0.6) is 0 Å². The minimum atomic E-state index is -4.43. The number of amidine groups is 1. The molecule has 2 aromatic rings. The van der Waals surface area contributed by atoms with Crippen molar-refractivity contribution in [1.82, 2.24) is 4.90 Å². The third-order valence-electron chi connectivity index (χ3n) is 4.46. The second kappa shape index (κ2) is 7.91. The molecular formula is C20H21F3N2O. The molecule has 0 saturated carbocycles. The molecular weight excluding hydrogens is 341 g/mol. The molecule has 26 heavy (non-hydrogen) atoms. The maximum absolute atomic E-state index is 13.5. The summed E-state index contributed by atoms with van der Waals surface area (Å²) >= 11 is 0. The smallest absolute Gasteiger partial charge is 0.367 e. The Bertz CT molecular complexity index is 759. The molecule has 0 amide bonds. The van der Waals surface area contributed by atoms with Gasteiger partial charge in [-0.1, -0.05) is 48.5 Å². The topological polar surface area (TPSA) is 24.8 Å². The number of nitrogens with zero attached hydrogens (tertiary/aromatic N) is 2. The fourth-order valence-electron chi connectivity index (χ4n) is 3.13. The van der Waals surface area contributed by atoms with E-state index in [2.05, 4.69) is 9.89 Å². The minimum absolute atomic E-state index is 0.137. The Kier molecular flexibility index (Phi) is 5.61. The Hall–Kier alpha value is -2.34. The number of benzene rings is 2. The lowest BCUT2D eigenvalue weighted by Gasteiger charge is -2.24. The Balaban J connectivity index is 1.84. The first-order chi connectivity index (χ1) is 12.5. The summed E-state index contributed by atoms with van der Waals surface area (Å²) in [6.07, 6.45) is -5.19. The Morgan fingerprint density at radius 3 is 2.42 bits per heavy atom. The van der Waals surface area contributed by atoms with Crippen molar-refractivity contribution in [3.8, 4) is 0 Å². The van der Waals surface area contributed by atoms with Crippen LogP contribution in [-0.2, 0) is 10.9 Å². The molecule has 6 heteroatoms. The zero-order valence-corrected chi connectivity index (χ0v) is 14.5. The molecule has 0 aliphatic carbocycles. The van der Waals surface area contributed by atoms with E-state index in [1.54, 1.807) is 30.3 Å². The van der Waals surface area contributed by atoms with Gasteiger partial charge in [0.1, 0.15) is 6.10 Å². The van der Waals surface area contributed by atoms with Crippen molar-refractivity contribution in [2.45, 2.75) is 19.2 Å². The molecule has 1 heterocycles. The SMILES string of the molecule is CC1=NCCN1CCOC(c1ccccc1)c1ccccc1C(F)(F)F. The van der Waals surface area contributed by atoms with Crippen molar-refractivity contribution in [3.05, 3.63) is 71.3 Å². The van der Waals surface area contributed by atoms with E-state index in [9.17, 15) is 13.2 Å². The maximum Gasteiger partial charge on any atom is 0.416 e. The van der Waals surface area contributed by atoms with Gasteiger partial charge in [0.25, 0.3) is 0 Å². The van der Waals surface area contributed by atoms with Gasteiger partial charge in [0.05, 0.1) is 24.6 Å². The van der Waals surface area contributed by atoms with E-state index < -0.39 is 17.8 Å². The number of rotatable bonds is 6. The van der Waals surface area contributed by atoms with E-state index in [4.69, 9.17) is 4.74 Å². The first-order valence-electron chi connectivity index (χ1n) is 8.55. The van der Waals surface area contributed by atoms with Crippen LogP contribution in [0.15, 0.2) is 59.6 Å². The average molecular weight is 362 g/mol. The first-order valence-corrected chi connectivity index (χ1v) is 8.55. The van der Waals surface area contributed by atoms with Crippen LogP contribution in [0.2, 0.25) is 0 Å². The van der Waals surface area contributed by atoms with E-state index in [-0.39, 0.29) is 5.56 Å². The van der Waals surface area contributed by atoms with E-state index >= 15 is 0 Å². The van der Waals surface area contributed by atoms with Crippen molar-refractivity contribution in [3.63, 3.8) is 0 Å². The summed E-state index contributed by atoms with van der Waals surface area (Å²) in [4.78, 5) is 6.40. The monoisotopic (exact) mass is 362 g/mol. The Morgan fingerprint density at radius 2 is 1.77 bits per heavy atom. The molecule has 0 saturated heterocycles. The van der Waals surface area contributed by atoms with Crippen LogP contribution in [0, 0.1) is 0 Å². The zero-order valence-electron chi connectivity index (χ0n) is 14.5. The van der Waals surface area contributed by atoms with Crippen LogP contribution in [0.3, 0.4) is 0 Å². The van der Waals surface area contributed by atoms with Gasteiger partial charge in [-0.25, -0.2) is 0 Å². The van der Waals surface area contributed by atoms with Crippen LogP contribution >= 0.6 is 0 Å². The highest BCUT2D eigenvalue weighted by Gasteiger charge is 2.35. The molecule has 0 aromatic heterocycles. The molecule has 2 aromatic carbocycles. The number of hydrogen-bond donors (Lipinski definition) is 0. The highest BCUT2D eigenvalue weighted by molar-refractivity contribution is 5.81. The molecule has 0 fully saturated rings. The molecule has 1 aliphatic rings. The van der Waals surface area contributed by atoms with Crippen molar-refractivity contribution < 1.29 is 17.9 Å².